The molecular formula is C12H19N3O2S. The highest BCUT2D eigenvalue weighted by molar-refractivity contribution is 7.89. The van der Waals surface area contributed by atoms with Gasteiger partial charge in [0.1, 0.15) is 4.90 Å². The second kappa shape index (κ2) is 4.95. The van der Waals surface area contributed by atoms with Gasteiger partial charge in [0.05, 0.1) is 5.69 Å². The molecule has 100 valence electrons. The first-order chi connectivity index (χ1) is 8.47. The number of rotatable bonds is 5. The van der Waals surface area contributed by atoms with Gasteiger partial charge in [-0.2, -0.15) is 0 Å². The van der Waals surface area contributed by atoms with Gasteiger partial charge in [0.2, 0.25) is 10.0 Å². The number of nitrogens with zero attached hydrogens (tertiary/aromatic N) is 1. The van der Waals surface area contributed by atoms with E-state index < -0.39 is 10.0 Å². The molecule has 0 aromatic carbocycles. The van der Waals surface area contributed by atoms with Crippen molar-refractivity contribution >= 4 is 10.0 Å². The summed E-state index contributed by atoms with van der Waals surface area (Å²) in [5.41, 5.74) is 6.03. The molecule has 3 N–H and O–H groups in total. The van der Waals surface area contributed by atoms with E-state index >= 15 is 0 Å². The largest absolute Gasteiger partial charge is 0.325 e. The number of pyridine rings is 1. The van der Waals surface area contributed by atoms with Crippen LogP contribution >= 0.6 is 0 Å². The summed E-state index contributed by atoms with van der Waals surface area (Å²) in [4.78, 5) is 4.19. The summed E-state index contributed by atoms with van der Waals surface area (Å²) in [6, 6.07) is 3.15. The normalized spacial score (nSPS) is 18.3. The van der Waals surface area contributed by atoms with Crippen LogP contribution in [-0.4, -0.2) is 19.9 Å². The monoisotopic (exact) mass is 269 g/mol. The lowest BCUT2D eigenvalue weighted by molar-refractivity contribution is 0.166. The predicted molar refractivity (Wildman–Crippen MR) is 69.3 cm³/mol. The van der Waals surface area contributed by atoms with E-state index in [4.69, 9.17) is 5.73 Å². The Morgan fingerprint density at radius 2 is 2.22 bits per heavy atom. The second-order valence-corrected chi connectivity index (χ2v) is 6.88. The fourth-order valence-electron chi connectivity index (χ4n) is 2.13. The summed E-state index contributed by atoms with van der Waals surface area (Å²) in [6.07, 6.45) is 4.88. The molecule has 0 atom stereocenters. The van der Waals surface area contributed by atoms with E-state index in [0.717, 1.165) is 12.8 Å². The van der Waals surface area contributed by atoms with Crippen LogP contribution in [0.3, 0.4) is 0 Å². The molecule has 1 heterocycles. The molecule has 1 aliphatic carbocycles. The number of nitrogens with two attached hydrogens (primary N) is 1. The highest BCUT2D eigenvalue weighted by Gasteiger charge is 2.33. The summed E-state index contributed by atoms with van der Waals surface area (Å²) < 4.78 is 27.1. The molecular weight excluding hydrogens is 250 g/mol. The van der Waals surface area contributed by atoms with Crippen molar-refractivity contribution in [2.24, 2.45) is 11.1 Å². The van der Waals surface area contributed by atoms with Gasteiger partial charge in [-0.25, -0.2) is 13.1 Å². The highest BCUT2D eigenvalue weighted by Crippen LogP contribution is 2.39. The van der Waals surface area contributed by atoms with Crippen LogP contribution < -0.4 is 10.5 Å². The number of hydrogen-bond donors (Lipinski definition) is 2. The van der Waals surface area contributed by atoms with Gasteiger partial charge in [-0.15, -0.1) is 0 Å². The number of sulfonamides is 1. The van der Waals surface area contributed by atoms with Gasteiger partial charge in [0.15, 0.2) is 0 Å². The van der Waals surface area contributed by atoms with Gasteiger partial charge in [-0.3, -0.25) is 4.98 Å². The van der Waals surface area contributed by atoms with Crippen molar-refractivity contribution in [3.63, 3.8) is 0 Å². The van der Waals surface area contributed by atoms with Crippen molar-refractivity contribution in [2.45, 2.75) is 37.6 Å². The Hall–Kier alpha value is -0.980. The third-order valence-electron chi connectivity index (χ3n) is 3.58. The Labute approximate surface area is 108 Å². The van der Waals surface area contributed by atoms with Crippen molar-refractivity contribution in [1.29, 1.82) is 0 Å². The SMILES string of the molecule is CC1(CNS(=O)(=O)c2cccnc2CN)CCC1. The molecule has 18 heavy (non-hydrogen) atoms. The van der Waals surface area contributed by atoms with Gasteiger partial charge >= 0.3 is 0 Å². The van der Waals surface area contributed by atoms with E-state index in [1.165, 1.54) is 6.42 Å². The molecule has 1 aromatic rings. The lowest BCUT2D eigenvalue weighted by Gasteiger charge is -2.38. The first-order valence-corrected chi connectivity index (χ1v) is 7.59. The fraction of sp³-hybridized carbons (Fsp3) is 0.583. The molecule has 0 spiro atoms. The molecule has 0 bridgehead atoms. The molecule has 5 nitrogen and oxygen atoms in total. The van der Waals surface area contributed by atoms with E-state index in [-0.39, 0.29) is 16.9 Å². The molecule has 1 aromatic heterocycles. The summed E-state index contributed by atoms with van der Waals surface area (Å²) in [6.45, 7) is 2.70. The lowest BCUT2D eigenvalue weighted by Crippen LogP contribution is -2.40. The zero-order valence-electron chi connectivity index (χ0n) is 10.5. The third-order valence-corrected chi connectivity index (χ3v) is 5.06. The smallest absolute Gasteiger partial charge is 0.242 e. The Morgan fingerprint density at radius 1 is 1.50 bits per heavy atom. The average molecular weight is 269 g/mol. The van der Waals surface area contributed by atoms with Crippen LogP contribution in [0, 0.1) is 5.41 Å². The van der Waals surface area contributed by atoms with E-state index in [0.29, 0.717) is 12.2 Å². The van der Waals surface area contributed by atoms with Crippen LogP contribution in [0.15, 0.2) is 23.2 Å². The van der Waals surface area contributed by atoms with Gasteiger partial charge in [0, 0.05) is 19.3 Å². The molecule has 6 heteroatoms. The molecule has 0 aliphatic heterocycles. The van der Waals surface area contributed by atoms with E-state index in [1.54, 1.807) is 18.3 Å². The molecule has 1 saturated carbocycles. The van der Waals surface area contributed by atoms with Gasteiger partial charge < -0.3 is 5.73 Å². The summed E-state index contributed by atoms with van der Waals surface area (Å²) in [5.74, 6) is 0. The van der Waals surface area contributed by atoms with Crippen LogP contribution in [0.4, 0.5) is 0 Å². The first kappa shape index (κ1) is 13.5. The quantitative estimate of drug-likeness (QED) is 0.835. The van der Waals surface area contributed by atoms with Crippen molar-refractivity contribution in [3.8, 4) is 0 Å². The zero-order chi connectivity index (χ0) is 13.2. The Bertz CT molecular complexity index is 524. The van der Waals surface area contributed by atoms with Crippen LogP contribution in [-0.2, 0) is 16.6 Å². The third kappa shape index (κ3) is 2.71. The minimum absolute atomic E-state index is 0.109. The van der Waals surface area contributed by atoms with E-state index in [9.17, 15) is 8.42 Å². The summed E-state index contributed by atoms with van der Waals surface area (Å²) in [7, 11) is -3.50. The molecule has 0 unspecified atom stereocenters. The molecule has 0 amide bonds. The zero-order valence-corrected chi connectivity index (χ0v) is 11.3. The van der Waals surface area contributed by atoms with Crippen molar-refractivity contribution in [3.05, 3.63) is 24.0 Å². The van der Waals surface area contributed by atoms with Crippen molar-refractivity contribution < 1.29 is 8.42 Å². The van der Waals surface area contributed by atoms with Crippen LogP contribution in [0.5, 0.6) is 0 Å². The minimum atomic E-state index is -3.50. The molecule has 0 radical (unpaired) electrons. The maximum atomic E-state index is 12.2. The van der Waals surface area contributed by atoms with Crippen LogP contribution in [0.25, 0.3) is 0 Å². The maximum Gasteiger partial charge on any atom is 0.242 e. The van der Waals surface area contributed by atoms with E-state index in [2.05, 4.69) is 16.6 Å². The van der Waals surface area contributed by atoms with Crippen LogP contribution in [0.2, 0.25) is 0 Å². The maximum absolute atomic E-state index is 12.2. The molecule has 1 fully saturated rings. The highest BCUT2D eigenvalue weighted by atomic mass is 32.2. The van der Waals surface area contributed by atoms with Crippen molar-refractivity contribution in [1.82, 2.24) is 9.71 Å². The average Bonchev–Trinajstić information content (AvgIpc) is 2.34. The lowest BCUT2D eigenvalue weighted by atomic mass is 9.71. The number of aromatic nitrogens is 1. The second-order valence-electron chi connectivity index (χ2n) is 5.14. The molecule has 2 rings (SSSR count). The summed E-state index contributed by atoms with van der Waals surface area (Å²) in [5, 5.41) is 0. The number of hydrogen-bond acceptors (Lipinski definition) is 4. The Balaban J connectivity index is 2.15. The number of nitrogens with one attached hydrogen (secondary N) is 1. The van der Waals surface area contributed by atoms with Gasteiger partial charge in [0.25, 0.3) is 0 Å². The predicted octanol–water partition coefficient (Wildman–Crippen LogP) is 1.01. The van der Waals surface area contributed by atoms with E-state index in [1.807, 2.05) is 0 Å². The Morgan fingerprint density at radius 3 is 2.78 bits per heavy atom. The first-order valence-electron chi connectivity index (χ1n) is 6.10. The Kier molecular flexibility index (Phi) is 3.70. The summed E-state index contributed by atoms with van der Waals surface area (Å²) >= 11 is 0. The minimum Gasteiger partial charge on any atom is -0.325 e. The molecule has 0 saturated heterocycles. The standard InChI is InChI=1S/C12H19N3O2S/c1-12(5-3-6-12)9-15-18(16,17)11-4-2-7-14-10(11)8-13/h2,4,7,15H,3,5-6,8-9,13H2,1H3. The van der Waals surface area contributed by atoms with Gasteiger partial charge in [-0.05, 0) is 30.4 Å². The topological polar surface area (TPSA) is 85.1 Å². The van der Waals surface area contributed by atoms with Crippen LogP contribution in [0.1, 0.15) is 31.9 Å². The van der Waals surface area contributed by atoms with Gasteiger partial charge in [-0.1, -0.05) is 13.3 Å². The molecule has 1 aliphatic rings. The fourth-order valence-corrected chi connectivity index (χ4v) is 3.52. The van der Waals surface area contributed by atoms with Crippen molar-refractivity contribution in [2.75, 3.05) is 6.54 Å².